The van der Waals surface area contributed by atoms with E-state index in [4.69, 9.17) is 0 Å². The standard InChI is InChI=1S/C17H23NO2/c1-3-4-8-15-11-12-18(16(15)17(19)20)13(2)14-9-6-5-7-10-14/h3,5-7,9-10,13,15-16H,1,4,8,11-12H2,2H3,(H,19,20)/t13-,15+,16-/m0/s1. The molecule has 0 unspecified atom stereocenters. The van der Waals surface area contributed by atoms with Crippen LogP contribution >= 0.6 is 0 Å². The number of rotatable bonds is 6. The Balaban J connectivity index is 2.14. The second kappa shape index (κ2) is 6.71. The molecule has 1 aromatic rings. The lowest BCUT2D eigenvalue weighted by Gasteiger charge is -2.30. The summed E-state index contributed by atoms with van der Waals surface area (Å²) in [6.07, 6.45) is 4.64. The summed E-state index contributed by atoms with van der Waals surface area (Å²) in [4.78, 5) is 13.8. The molecule has 3 nitrogen and oxygen atoms in total. The van der Waals surface area contributed by atoms with Crippen molar-refractivity contribution >= 4 is 5.97 Å². The zero-order valence-corrected chi connectivity index (χ0v) is 12.0. The lowest BCUT2D eigenvalue weighted by molar-refractivity contribution is -0.144. The molecule has 1 fully saturated rings. The van der Waals surface area contributed by atoms with Crippen molar-refractivity contribution < 1.29 is 9.90 Å². The molecule has 1 saturated heterocycles. The minimum Gasteiger partial charge on any atom is -0.480 e. The molecule has 3 heteroatoms. The van der Waals surface area contributed by atoms with Gasteiger partial charge in [-0.25, -0.2) is 0 Å². The van der Waals surface area contributed by atoms with Crippen LogP contribution < -0.4 is 0 Å². The zero-order chi connectivity index (χ0) is 14.5. The fraction of sp³-hybridized carbons (Fsp3) is 0.471. The number of carboxylic acid groups (broad SMARTS) is 1. The van der Waals surface area contributed by atoms with Crippen LogP contribution in [0.3, 0.4) is 0 Å². The van der Waals surface area contributed by atoms with E-state index in [1.54, 1.807) is 0 Å². The molecule has 0 spiro atoms. The summed E-state index contributed by atoms with van der Waals surface area (Å²) in [6.45, 7) is 6.69. The molecule has 20 heavy (non-hydrogen) atoms. The lowest BCUT2D eigenvalue weighted by Crippen LogP contribution is -2.41. The molecule has 1 heterocycles. The van der Waals surface area contributed by atoms with Crippen LogP contribution in [-0.2, 0) is 4.79 Å². The van der Waals surface area contributed by atoms with Gasteiger partial charge in [-0.3, -0.25) is 9.69 Å². The largest absolute Gasteiger partial charge is 0.480 e. The smallest absolute Gasteiger partial charge is 0.321 e. The zero-order valence-electron chi connectivity index (χ0n) is 12.0. The molecule has 0 amide bonds. The fourth-order valence-corrected chi connectivity index (χ4v) is 3.22. The van der Waals surface area contributed by atoms with E-state index >= 15 is 0 Å². The normalized spacial score (nSPS) is 24.4. The van der Waals surface area contributed by atoms with Gasteiger partial charge >= 0.3 is 5.97 Å². The molecule has 2 rings (SSSR count). The maximum absolute atomic E-state index is 11.7. The molecule has 1 aliphatic heterocycles. The lowest BCUT2D eigenvalue weighted by atomic mass is 9.94. The van der Waals surface area contributed by atoms with Crippen LogP contribution in [-0.4, -0.2) is 28.6 Å². The Morgan fingerprint density at radius 2 is 2.20 bits per heavy atom. The van der Waals surface area contributed by atoms with Crippen molar-refractivity contribution in [2.75, 3.05) is 6.54 Å². The summed E-state index contributed by atoms with van der Waals surface area (Å²) in [7, 11) is 0. The molecule has 0 aliphatic carbocycles. The third-order valence-corrected chi connectivity index (χ3v) is 4.34. The van der Waals surface area contributed by atoms with E-state index in [9.17, 15) is 9.90 Å². The second-order valence-electron chi connectivity index (χ2n) is 5.52. The summed E-state index contributed by atoms with van der Waals surface area (Å²) in [5.74, 6) is -0.462. The molecular formula is C17H23NO2. The van der Waals surface area contributed by atoms with Crippen molar-refractivity contribution in [2.24, 2.45) is 5.92 Å². The number of allylic oxidation sites excluding steroid dienone is 1. The van der Waals surface area contributed by atoms with Gasteiger partial charge in [0, 0.05) is 6.04 Å². The highest BCUT2D eigenvalue weighted by molar-refractivity contribution is 5.74. The van der Waals surface area contributed by atoms with Gasteiger partial charge in [0.15, 0.2) is 0 Å². The first kappa shape index (κ1) is 14.8. The maximum atomic E-state index is 11.7. The summed E-state index contributed by atoms with van der Waals surface area (Å²) in [5.41, 5.74) is 1.18. The Kier molecular flexibility index (Phi) is 4.96. The predicted octanol–water partition coefficient (Wildman–Crippen LogP) is 3.49. The Morgan fingerprint density at radius 1 is 1.50 bits per heavy atom. The van der Waals surface area contributed by atoms with E-state index in [0.29, 0.717) is 0 Å². The summed E-state index contributed by atoms with van der Waals surface area (Å²) < 4.78 is 0. The number of likely N-dealkylation sites (tertiary alicyclic amines) is 1. The first-order chi connectivity index (χ1) is 9.65. The van der Waals surface area contributed by atoms with Gasteiger partial charge in [0.05, 0.1) is 0 Å². The van der Waals surface area contributed by atoms with Gasteiger partial charge in [-0.05, 0) is 44.2 Å². The number of carbonyl (C=O) groups is 1. The number of nitrogens with zero attached hydrogens (tertiary/aromatic N) is 1. The van der Waals surface area contributed by atoms with E-state index in [2.05, 4.69) is 30.5 Å². The number of carboxylic acids is 1. The summed E-state index contributed by atoms with van der Waals surface area (Å²) >= 11 is 0. The van der Waals surface area contributed by atoms with Crippen LogP contribution in [0.15, 0.2) is 43.0 Å². The maximum Gasteiger partial charge on any atom is 0.321 e. The van der Waals surface area contributed by atoms with Crippen molar-refractivity contribution in [1.82, 2.24) is 4.90 Å². The molecule has 0 saturated carbocycles. The first-order valence-corrected chi connectivity index (χ1v) is 7.29. The number of hydrogen-bond acceptors (Lipinski definition) is 2. The highest BCUT2D eigenvalue weighted by atomic mass is 16.4. The van der Waals surface area contributed by atoms with Crippen LogP contribution in [0.2, 0.25) is 0 Å². The van der Waals surface area contributed by atoms with Crippen LogP contribution in [0.5, 0.6) is 0 Å². The number of hydrogen-bond donors (Lipinski definition) is 1. The van der Waals surface area contributed by atoms with Crippen molar-refractivity contribution in [3.63, 3.8) is 0 Å². The molecule has 108 valence electrons. The SMILES string of the molecule is C=CCC[C@@H]1CCN([C@@H](C)c2ccccc2)[C@@H]1C(=O)O. The minimum absolute atomic E-state index is 0.144. The number of aliphatic carboxylic acids is 1. The van der Waals surface area contributed by atoms with E-state index in [-0.39, 0.29) is 18.0 Å². The van der Waals surface area contributed by atoms with Crippen LogP contribution in [0.25, 0.3) is 0 Å². The molecule has 1 N–H and O–H groups in total. The molecule has 0 bridgehead atoms. The molecule has 1 aliphatic rings. The monoisotopic (exact) mass is 273 g/mol. The van der Waals surface area contributed by atoms with E-state index < -0.39 is 5.97 Å². The quantitative estimate of drug-likeness (QED) is 0.807. The molecule has 1 aromatic carbocycles. The van der Waals surface area contributed by atoms with Crippen molar-refractivity contribution in [1.29, 1.82) is 0 Å². The minimum atomic E-state index is -0.695. The highest BCUT2D eigenvalue weighted by Gasteiger charge is 2.41. The van der Waals surface area contributed by atoms with Crippen molar-refractivity contribution in [2.45, 2.75) is 38.3 Å². The van der Waals surface area contributed by atoms with E-state index in [0.717, 1.165) is 25.8 Å². The molecule has 0 radical (unpaired) electrons. The van der Waals surface area contributed by atoms with Gasteiger partial charge in [0.2, 0.25) is 0 Å². The number of benzene rings is 1. The predicted molar refractivity (Wildman–Crippen MR) is 80.5 cm³/mol. The third kappa shape index (κ3) is 3.10. The average Bonchev–Trinajstić information content (AvgIpc) is 2.89. The van der Waals surface area contributed by atoms with Gasteiger partial charge in [-0.1, -0.05) is 36.4 Å². The van der Waals surface area contributed by atoms with Gasteiger partial charge in [-0.15, -0.1) is 6.58 Å². The van der Waals surface area contributed by atoms with Crippen LogP contribution in [0.4, 0.5) is 0 Å². The Hall–Kier alpha value is -1.61. The Morgan fingerprint density at radius 3 is 2.80 bits per heavy atom. The van der Waals surface area contributed by atoms with Crippen molar-refractivity contribution in [3.8, 4) is 0 Å². The third-order valence-electron chi connectivity index (χ3n) is 4.34. The van der Waals surface area contributed by atoms with Crippen molar-refractivity contribution in [3.05, 3.63) is 48.6 Å². The van der Waals surface area contributed by atoms with Gasteiger partial charge < -0.3 is 5.11 Å². The molecular weight excluding hydrogens is 250 g/mol. The van der Waals surface area contributed by atoms with Crippen LogP contribution in [0.1, 0.15) is 37.8 Å². The summed E-state index contributed by atoms with van der Waals surface area (Å²) in [6, 6.07) is 9.92. The van der Waals surface area contributed by atoms with Gasteiger partial charge in [-0.2, -0.15) is 0 Å². The van der Waals surface area contributed by atoms with E-state index in [1.165, 1.54) is 5.56 Å². The topological polar surface area (TPSA) is 40.5 Å². The average molecular weight is 273 g/mol. The summed E-state index contributed by atoms with van der Waals surface area (Å²) in [5, 5.41) is 9.58. The van der Waals surface area contributed by atoms with Gasteiger partial charge in [0.25, 0.3) is 0 Å². The Labute approximate surface area is 120 Å². The second-order valence-corrected chi connectivity index (χ2v) is 5.52. The fourth-order valence-electron chi connectivity index (χ4n) is 3.22. The first-order valence-electron chi connectivity index (χ1n) is 7.29. The molecule has 0 aromatic heterocycles. The Bertz CT molecular complexity index is 457. The van der Waals surface area contributed by atoms with Gasteiger partial charge in [0.1, 0.15) is 6.04 Å². The molecule has 3 atom stereocenters. The van der Waals surface area contributed by atoms with E-state index in [1.807, 2.05) is 24.3 Å². The highest BCUT2D eigenvalue weighted by Crippen LogP contribution is 2.35. The van der Waals surface area contributed by atoms with Crippen LogP contribution in [0, 0.1) is 5.92 Å².